The van der Waals surface area contributed by atoms with Crippen molar-refractivity contribution in [3.8, 4) is 0 Å². The van der Waals surface area contributed by atoms with Crippen LogP contribution in [0.3, 0.4) is 0 Å². The lowest BCUT2D eigenvalue weighted by atomic mass is 10.2. The predicted molar refractivity (Wildman–Crippen MR) is 81.3 cm³/mol. The molecule has 1 aromatic rings. The van der Waals surface area contributed by atoms with Crippen LogP contribution < -0.4 is 4.72 Å². The third-order valence-corrected chi connectivity index (χ3v) is 5.76. The highest BCUT2D eigenvalue weighted by Crippen LogP contribution is 2.15. The Hall–Kier alpha value is -0.600. The van der Waals surface area contributed by atoms with Crippen LogP contribution in [0.1, 0.15) is 5.56 Å². The van der Waals surface area contributed by atoms with Crippen molar-refractivity contribution in [3.63, 3.8) is 0 Å². The molecule has 0 saturated carbocycles. The summed E-state index contributed by atoms with van der Waals surface area (Å²) in [6.45, 7) is 2.87. The van der Waals surface area contributed by atoms with Crippen LogP contribution in [-0.2, 0) is 16.6 Å². The Kier molecular flexibility index (Phi) is 5.86. The summed E-state index contributed by atoms with van der Waals surface area (Å²) in [6, 6.07) is 6.52. The van der Waals surface area contributed by atoms with E-state index in [0.29, 0.717) is 12.1 Å². The lowest BCUT2D eigenvalue weighted by Crippen LogP contribution is -2.39. The van der Waals surface area contributed by atoms with Crippen molar-refractivity contribution in [2.75, 3.05) is 37.7 Å². The second-order valence-electron chi connectivity index (χ2n) is 4.62. The molecule has 0 radical (unpaired) electrons. The molecular weight excluding hydrogens is 296 g/mol. The first-order valence-electron chi connectivity index (χ1n) is 6.62. The summed E-state index contributed by atoms with van der Waals surface area (Å²) in [7, 11) is -3.55. The van der Waals surface area contributed by atoms with Crippen molar-refractivity contribution < 1.29 is 13.5 Å². The normalized spacial score (nSPS) is 17.2. The van der Waals surface area contributed by atoms with Crippen molar-refractivity contribution in [2.24, 2.45) is 0 Å². The van der Waals surface area contributed by atoms with Crippen molar-refractivity contribution in [1.82, 2.24) is 9.62 Å². The zero-order chi connectivity index (χ0) is 14.4. The minimum Gasteiger partial charge on any atom is -0.392 e. The van der Waals surface area contributed by atoms with E-state index in [-0.39, 0.29) is 11.5 Å². The number of sulfonamides is 1. The molecule has 5 nitrogen and oxygen atoms in total. The van der Waals surface area contributed by atoms with E-state index in [9.17, 15) is 13.5 Å². The van der Waals surface area contributed by atoms with E-state index in [1.165, 1.54) is 6.07 Å². The van der Waals surface area contributed by atoms with E-state index in [4.69, 9.17) is 0 Å². The molecule has 20 heavy (non-hydrogen) atoms. The maximum atomic E-state index is 12.2. The molecule has 1 heterocycles. The second kappa shape index (κ2) is 7.42. The molecule has 0 amide bonds. The number of nitrogens with zero attached hydrogens (tertiary/aromatic N) is 1. The molecule has 1 aliphatic rings. The molecule has 0 bridgehead atoms. The Morgan fingerprint density at radius 2 is 1.95 bits per heavy atom. The Morgan fingerprint density at radius 3 is 2.65 bits per heavy atom. The van der Waals surface area contributed by atoms with Gasteiger partial charge in [-0.3, -0.25) is 0 Å². The first kappa shape index (κ1) is 15.8. The number of hydrogen-bond acceptors (Lipinski definition) is 5. The van der Waals surface area contributed by atoms with E-state index in [1.807, 2.05) is 11.8 Å². The Bertz CT molecular complexity index is 528. The van der Waals surface area contributed by atoms with Crippen molar-refractivity contribution in [2.45, 2.75) is 11.5 Å². The molecule has 7 heteroatoms. The largest absolute Gasteiger partial charge is 0.392 e. The fourth-order valence-electron chi connectivity index (χ4n) is 2.14. The van der Waals surface area contributed by atoms with Crippen LogP contribution in [0, 0.1) is 0 Å². The van der Waals surface area contributed by atoms with Gasteiger partial charge in [-0.25, -0.2) is 13.1 Å². The summed E-state index contributed by atoms with van der Waals surface area (Å²) in [5.74, 6) is 2.22. The molecule has 1 aromatic carbocycles. The summed E-state index contributed by atoms with van der Waals surface area (Å²) >= 11 is 1.93. The summed E-state index contributed by atoms with van der Waals surface area (Å²) < 4.78 is 27.0. The average Bonchev–Trinajstić information content (AvgIpc) is 2.48. The standard InChI is InChI=1S/C13H20N2O3S2/c16-11-12-3-1-2-4-13(12)20(17,18)14-5-6-15-7-9-19-10-8-15/h1-4,14,16H,5-11H2. The topological polar surface area (TPSA) is 69.6 Å². The van der Waals surface area contributed by atoms with E-state index < -0.39 is 10.0 Å². The number of thioether (sulfide) groups is 1. The van der Waals surface area contributed by atoms with Gasteiger partial charge in [0.15, 0.2) is 0 Å². The average molecular weight is 316 g/mol. The SMILES string of the molecule is O=S(=O)(NCCN1CCSCC1)c1ccccc1CO. The zero-order valence-corrected chi connectivity index (χ0v) is 12.9. The first-order valence-corrected chi connectivity index (χ1v) is 9.26. The summed E-state index contributed by atoms with van der Waals surface area (Å²) in [5, 5.41) is 9.21. The monoisotopic (exact) mass is 316 g/mol. The lowest BCUT2D eigenvalue weighted by molar-refractivity contribution is 0.278. The molecule has 0 aromatic heterocycles. The highest BCUT2D eigenvalue weighted by molar-refractivity contribution is 7.99. The van der Waals surface area contributed by atoms with Crippen LogP contribution in [0.2, 0.25) is 0 Å². The molecule has 112 valence electrons. The quantitative estimate of drug-likeness (QED) is 0.800. The zero-order valence-electron chi connectivity index (χ0n) is 11.3. The minimum absolute atomic E-state index is 0.164. The highest BCUT2D eigenvalue weighted by atomic mass is 32.2. The number of aliphatic hydroxyl groups excluding tert-OH is 1. The smallest absolute Gasteiger partial charge is 0.240 e. The van der Waals surface area contributed by atoms with Gasteiger partial charge in [0, 0.05) is 37.7 Å². The number of hydrogen-bond donors (Lipinski definition) is 2. The van der Waals surface area contributed by atoms with E-state index in [1.54, 1.807) is 18.2 Å². The Labute approximate surface area is 124 Å². The Morgan fingerprint density at radius 1 is 1.25 bits per heavy atom. The van der Waals surface area contributed by atoms with Crippen molar-refractivity contribution in [3.05, 3.63) is 29.8 Å². The van der Waals surface area contributed by atoms with Crippen molar-refractivity contribution in [1.29, 1.82) is 0 Å². The summed E-state index contributed by atoms with van der Waals surface area (Å²) in [4.78, 5) is 2.42. The van der Waals surface area contributed by atoms with Crippen LogP contribution in [0.5, 0.6) is 0 Å². The molecule has 0 aliphatic carbocycles. The van der Waals surface area contributed by atoms with Gasteiger partial charge in [-0.2, -0.15) is 11.8 Å². The molecule has 2 rings (SSSR count). The predicted octanol–water partition coefficient (Wildman–Crippen LogP) is 0.506. The van der Waals surface area contributed by atoms with Crippen LogP contribution >= 0.6 is 11.8 Å². The summed E-state index contributed by atoms with van der Waals surface area (Å²) in [5.41, 5.74) is 0.425. The number of aliphatic hydroxyl groups is 1. The fourth-order valence-corrected chi connectivity index (χ4v) is 4.37. The van der Waals surface area contributed by atoms with Gasteiger partial charge in [-0.05, 0) is 11.6 Å². The first-order chi connectivity index (χ1) is 9.63. The van der Waals surface area contributed by atoms with Gasteiger partial charge in [0.2, 0.25) is 10.0 Å². The van der Waals surface area contributed by atoms with Gasteiger partial charge in [0.1, 0.15) is 0 Å². The van der Waals surface area contributed by atoms with Gasteiger partial charge >= 0.3 is 0 Å². The van der Waals surface area contributed by atoms with Gasteiger partial charge in [0.05, 0.1) is 11.5 Å². The molecule has 0 unspecified atom stereocenters. The van der Waals surface area contributed by atoms with Gasteiger partial charge in [0.25, 0.3) is 0 Å². The van der Waals surface area contributed by atoms with Gasteiger partial charge in [-0.15, -0.1) is 0 Å². The lowest BCUT2D eigenvalue weighted by Gasteiger charge is -2.26. The molecule has 0 atom stereocenters. The molecular formula is C13H20N2O3S2. The van der Waals surface area contributed by atoms with E-state index in [0.717, 1.165) is 31.1 Å². The Balaban J connectivity index is 1.93. The molecule has 1 saturated heterocycles. The fraction of sp³-hybridized carbons (Fsp3) is 0.538. The minimum atomic E-state index is -3.55. The summed E-state index contributed by atoms with van der Waals surface area (Å²) in [6.07, 6.45) is 0. The van der Waals surface area contributed by atoms with Gasteiger partial charge < -0.3 is 10.0 Å². The van der Waals surface area contributed by atoms with E-state index in [2.05, 4.69) is 9.62 Å². The second-order valence-corrected chi connectivity index (χ2v) is 7.58. The van der Waals surface area contributed by atoms with Crippen molar-refractivity contribution >= 4 is 21.8 Å². The molecule has 1 aliphatic heterocycles. The molecule has 2 N–H and O–H groups in total. The third-order valence-electron chi connectivity index (χ3n) is 3.26. The van der Waals surface area contributed by atoms with E-state index >= 15 is 0 Å². The maximum Gasteiger partial charge on any atom is 0.240 e. The number of benzene rings is 1. The maximum absolute atomic E-state index is 12.2. The third kappa shape index (κ3) is 4.20. The van der Waals surface area contributed by atoms with Crippen LogP contribution in [0.15, 0.2) is 29.2 Å². The highest BCUT2D eigenvalue weighted by Gasteiger charge is 2.18. The van der Waals surface area contributed by atoms with Crippen LogP contribution in [-0.4, -0.2) is 56.1 Å². The van der Waals surface area contributed by atoms with Crippen LogP contribution in [0.25, 0.3) is 0 Å². The molecule has 0 spiro atoms. The van der Waals surface area contributed by atoms with Gasteiger partial charge in [-0.1, -0.05) is 18.2 Å². The number of nitrogens with one attached hydrogen (secondary N) is 1. The number of rotatable bonds is 6. The van der Waals surface area contributed by atoms with Crippen LogP contribution in [0.4, 0.5) is 0 Å². The molecule has 1 fully saturated rings.